The number of carbonyl (C=O) groups excluding carboxylic acids is 2. The molecule has 2 aliphatic heterocycles. The summed E-state index contributed by atoms with van der Waals surface area (Å²) in [4.78, 5) is 30.4. The molecular weight excluding hydrogens is 427 g/mol. The number of aryl methyl sites for hydroxylation is 1. The van der Waals surface area contributed by atoms with Crippen LogP contribution in [0, 0.1) is 12.7 Å². The highest BCUT2D eigenvalue weighted by Gasteiger charge is 2.43. The molecule has 0 N–H and O–H groups in total. The third kappa shape index (κ3) is 3.39. The highest BCUT2D eigenvalue weighted by atomic mass is 35.5. The summed E-state index contributed by atoms with van der Waals surface area (Å²) in [6.45, 7) is 2.99. The molecule has 2 aliphatic rings. The standard InChI is InChI=1S/C26H20ClFN2O2/c1-16-6-11-21(14-22(16)27)30-25(31)23(18-7-9-20(28)10-8-18)24(26(30)32)29-13-12-17-4-2-3-5-19(17)15-29/h2-11,14H,12-13,15H2,1H3. The van der Waals surface area contributed by atoms with Crippen molar-refractivity contribution in [1.82, 2.24) is 4.90 Å². The van der Waals surface area contributed by atoms with Gasteiger partial charge in [0.2, 0.25) is 0 Å². The molecule has 0 fully saturated rings. The lowest BCUT2D eigenvalue weighted by Gasteiger charge is -2.31. The summed E-state index contributed by atoms with van der Waals surface area (Å²) in [6.07, 6.45) is 0.772. The van der Waals surface area contributed by atoms with Crippen LogP contribution in [0.25, 0.3) is 5.57 Å². The first kappa shape index (κ1) is 20.5. The number of fused-ring (bicyclic) bond motifs is 1. The fraction of sp³-hybridized carbons (Fsp3) is 0.154. The van der Waals surface area contributed by atoms with Crippen molar-refractivity contribution in [3.05, 3.63) is 106 Å². The van der Waals surface area contributed by atoms with Crippen LogP contribution in [0.3, 0.4) is 0 Å². The smallest absolute Gasteiger partial charge is 0.282 e. The van der Waals surface area contributed by atoms with Crippen molar-refractivity contribution < 1.29 is 14.0 Å². The van der Waals surface area contributed by atoms with E-state index in [1.54, 1.807) is 30.3 Å². The highest BCUT2D eigenvalue weighted by Crippen LogP contribution is 2.37. The van der Waals surface area contributed by atoms with E-state index >= 15 is 0 Å². The van der Waals surface area contributed by atoms with Gasteiger partial charge in [-0.3, -0.25) is 9.59 Å². The average molecular weight is 447 g/mol. The van der Waals surface area contributed by atoms with Crippen LogP contribution >= 0.6 is 11.6 Å². The van der Waals surface area contributed by atoms with Crippen LogP contribution in [-0.4, -0.2) is 23.3 Å². The maximum absolute atomic E-state index is 13.7. The van der Waals surface area contributed by atoms with Gasteiger partial charge in [-0.15, -0.1) is 0 Å². The van der Waals surface area contributed by atoms with Gasteiger partial charge in [-0.25, -0.2) is 9.29 Å². The molecule has 0 saturated carbocycles. The molecule has 0 radical (unpaired) electrons. The van der Waals surface area contributed by atoms with Gasteiger partial charge in [0.05, 0.1) is 11.3 Å². The summed E-state index contributed by atoms with van der Waals surface area (Å²) in [7, 11) is 0. The number of halogens is 2. The zero-order chi connectivity index (χ0) is 22.4. The Labute approximate surface area is 190 Å². The van der Waals surface area contributed by atoms with Gasteiger partial charge in [0.25, 0.3) is 11.8 Å². The molecule has 3 aromatic rings. The summed E-state index contributed by atoms with van der Waals surface area (Å²) in [5, 5.41) is 0.479. The molecule has 0 unspecified atom stereocenters. The summed E-state index contributed by atoms with van der Waals surface area (Å²) < 4.78 is 13.6. The van der Waals surface area contributed by atoms with Crippen LogP contribution < -0.4 is 4.90 Å². The molecule has 0 saturated heterocycles. The van der Waals surface area contributed by atoms with Crippen LogP contribution in [-0.2, 0) is 22.6 Å². The summed E-state index contributed by atoms with van der Waals surface area (Å²) in [6, 6.07) is 18.9. The molecule has 0 atom stereocenters. The molecule has 6 heteroatoms. The molecule has 4 nitrogen and oxygen atoms in total. The van der Waals surface area contributed by atoms with Crippen LogP contribution in [0.1, 0.15) is 22.3 Å². The maximum atomic E-state index is 13.7. The van der Waals surface area contributed by atoms with Gasteiger partial charge in [-0.05, 0) is 59.9 Å². The minimum Gasteiger partial charge on any atom is -0.362 e. The van der Waals surface area contributed by atoms with Gasteiger partial charge in [-0.1, -0.05) is 54.1 Å². The molecule has 0 spiro atoms. The van der Waals surface area contributed by atoms with Gasteiger partial charge < -0.3 is 4.90 Å². The van der Waals surface area contributed by atoms with E-state index in [1.807, 2.05) is 30.0 Å². The molecular formula is C26H20ClFN2O2. The van der Waals surface area contributed by atoms with Crippen molar-refractivity contribution in [3.63, 3.8) is 0 Å². The lowest BCUT2D eigenvalue weighted by molar-refractivity contribution is -0.120. The number of anilines is 1. The first-order valence-electron chi connectivity index (χ1n) is 10.4. The molecule has 5 rings (SSSR count). The number of rotatable bonds is 3. The fourth-order valence-corrected chi connectivity index (χ4v) is 4.51. The Bertz CT molecular complexity index is 1280. The minimum atomic E-state index is -0.435. The average Bonchev–Trinajstić information content (AvgIpc) is 3.06. The Kier molecular flexibility index (Phi) is 5.06. The molecule has 2 amide bonds. The van der Waals surface area contributed by atoms with Gasteiger partial charge in [0.15, 0.2) is 0 Å². The molecule has 0 bridgehead atoms. The van der Waals surface area contributed by atoms with Crippen molar-refractivity contribution >= 4 is 34.7 Å². The van der Waals surface area contributed by atoms with Crippen LogP contribution in [0.5, 0.6) is 0 Å². The second-order valence-electron chi connectivity index (χ2n) is 8.05. The van der Waals surface area contributed by atoms with E-state index in [2.05, 4.69) is 6.07 Å². The van der Waals surface area contributed by atoms with Gasteiger partial charge in [0.1, 0.15) is 11.5 Å². The summed E-state index contributed by atoms with van der Waals surface area (Å²) in [5.74, 6) is -1.23. The van der Waals surface area contributed by atoms with Crippen LogP contribution in [0.4, 0.5) is 10.1 Å². The molecule has 0 aliphatic carbocycles. The SMILES string of the molecule is Cc1ccc(N2C(=O)C(c3ccc(F)cc3)=C(N3CCc4ccccc4C3)C2=O)cc1Cl. The number of hydrogen-bond acceptors (Lipinski definition) is 3. The van der Waals surface area contributed by atoms with Crippen molar-refractivity contribution in [3.8, 4) is 0 Å². The van der Waals surface area contributed by atoms with Crippen molar-refractivity contribution in [2.45, 2.75) is 19.9 Å². The van der Waals surface area contributed by atoms with E-state index in [9.17, 15) is 14.0 Å². The van der Waals surface area contributed by atoms with Crippen molar-refractivity contribution in [2.24, 2.45) is 0 Å². The van der Waals surface area contributed by atoms with E-state index in [-0.39, 0.29) is 5.57 Å². The van der Waals surface area contributed by atoms with E-state index in [4.69, 9.17) is 11.6 Å². The lowest BCUT2D eigenvalue weighted by Crippen LogP contribution is -2.37. The van der Waals surface area contributed by atoms with Gasteiger partial charge >= 0.3 is 0 Å². The highest BCUT2D eigenvalue weighted by molar-refractivity contribution is 6.45. The largest absolute Gasteiger partial charge is 0.362 e. The van der Waals surface area contributed by atoms with Gasteiger partial charge in [-0.2, -0.15) is 0 Å². The first-order valence-corrected chi connectivity index (χ1v) is 10.8. The number of carbonyl (C=O) groups is 2. The lowest BCUT2D eigenvalue weighted by atomic mass is 9.98. The molecule has 3 aromatic carbocycles. The van der Waals surface area contributed by atoms with E-state index < -0.39 is 17.6 Å². The van der Waals surface area contributed by atoms with E-state index in [1.165, 1.54) is 22.6 Å². The number of nitrogens with zero attached hydrogens (tertiary/aromatic N) is 2. The number of amides is 2. The number of imide groups is 1. The Morgan fingerprint density at radius 2 is 1.62 bits per heavy atom. The Hall–Kier alpha value is -3.44. The fourth-order valence-electron chi connectivity index (χ4n) is 4.33. The first-order chi connectivity index (χ1) is 15.4. The van der Waals surface area contributed by atoms with Crippen LogP contribution in [0.15, 0.2) is 72.4 Å². The monoisotopic (exact) mass is 446 g/mol. The van der Waals surface area contributed by atoms with Crippen LogP contribution in [0.2, 0.25) is 5.02 Å². The second kappa shape index (κ2) is 7.92. The zero-order valence-corrected chi connectivity index (χ0v) is 18.2. The molecule has 160 valence electrons. The molecule has 32 heavy (non-hydrogen) atoms. The Balaban J connectivity index is 1.62. The van der Waals surface area contributed by atoms with E-state index in [0.29, 0.717) is 35.1 Å². The second-order valence-corrected chi connectivity index (χ2v) is 8.46. The normalized spacial score (nSPS) is 16.1. The van der Waals surface area contributed by atoms with Crippen molar-refractivity contribution in [2.75, 3.05) is 11.4 Å². The third-order valence-electron chi connectivity index (χ3n) is 6.05. The number of hydrogen-bond donors (Lipinski definition) is 0. The quantitative estimate of drug-likeness (QED) is 0.524. The zero-order valence-electron chi connectivity index (χ0n) is 17.4. The predicted molar refractivity (Wildman–Crippen MR) is 123 cm³/mol. The summed E-state index contributed by atoms with van der Waals surface area (Å²) >= 11 is 6.28. The topological polar surface area (TPSA) is 40.6 Å². The number of benzene rings is 3. The Morgan fingerprint density at radius 3 is 2.34 bits per heavy atom. The third-order valence-corrected chi connectivity index (χ3v) is 6.46. The predicted octanol–water partition coefficient (Wildman–Crippen LogP) is 5.13. The van der Waals surface area contributed by atoms with Crippen molar-refractivity contribution in [1.29, 1.82) is 0 Å². The van der Waals surface area contributed by atoms with E-state index in [0.717, 1.165) is 17.5 Å². The minimum absolute atomic E-state index is 0.283. The molecule has 2 heterocycles. The Morgan fingerprint density at radius 1 is 0.906 bits per heavy atom. The molecule has 0 aromatic heterocycles. The summed E-state index contributed by atoms with van der Waals surface area (Å²) in [5.41, 5.74) is 4.78. The van der Waals surface area contributed by atoms with Gasteiger partial charge in [0, 0.05) is 18.1 Å². The maximum Gasteiger partial charge on any atom is 0.282 e.